The fourth-order valence-electron chi connectivity index (χ4n) is 2.60. The molecule has 0 aliphatic rings. The molecule has 0 atom stereocenters. The Morgan fingerprint density at radius 3 is 2.58 bits per heavy atom. The van der Waals surface area contributed by atoms with E-state index < -0.39 is 0 Å². The Labute approximate surface area is 152 Å². The summed E-state index contributed by atoms with van der Waals surface area (Å²) < 4.78 is 10.8. The van der Waals surface area contributed by atoms with Gasteiger partial charge in [-0.3, -0.25) is 4.98 Å². The van der Waals surface area contributed by atoms with Crippen molar-refractivity contribution in [3.63, 3.8) is 0 Å². The van der Waals surface area contributed by atoms with Crippen molar-refractivity contribution in [2.24, 2.45) is 0 Å². The number of anilines is 3. The number of benzene rings is 1. The molecular weight excluding hydrogens is 330 g/mol. The molecule has 7 nitrogen and oxygen atoms in total. The van der Waals surface area contributed by atoms with E-state index in [9.17, 15) is 0 Å². The van der Waals surface area contributed by atoms with Crippen LogP contribution in [0.25, 0.3) is 10.9 Å². The number of fused-ring (bicyclic) bond motifs is 1. The molecule has 0 aliphatic carbocycles. The highest BCUT2D eigenvalue weighted by Crippen LogP contribution is 2.34. The minimum Gasteiger partial charge on any atom is -0.493 e. The van der Waals surface area contributed by atoms with Gasteiger partial charge in [-0.05, 0) is 24.6 Å². The molecule has 0 radical (unpaired) electrons. The first-order valence-corrected chi connectivity index (χ1v) is 8.59. The van der Waals surface area contributed by atoms with Gasteiger partial charge in [0.2, 0.25) is 5.95 Å². The quantitative estimate of drug-likeness (QED) is 0.592. The maximum atomic E-state index is 5.42. The zero-order valence-corrected chi connectivity index (χ0v) is 15.2. The van der Waals surface area contributed by atoms with Crippen molar-refractivity contribution in [2.75, 3.05) is 31.4 Å². The van der Waals surface area contributed by atoms with Gasteiger partial charge in [0.05, 0.1) is 31.6 Å². The molecule has 0 fully saturated rings. The summed E-state index contributed by atoms with van der Waals surface area (Å²) in [6.45, 7) is 2.99. The number of methoxy groups -OCH3 is 2. The molecule has 3 rings (SSSR count). The van der Waals surface area contributed by atoms with Crippen LogP contribution in [-0.2, 0) is 0 Å². The Hall–Kier alpha value is -3.09. The maximum Gasteiger partial charge on any atom is 0.229 e. The van der Waals surface area contributed by atoms with E-state index in [0.29, 0.717) is 17.4 Å². The van der Waals surface area contributed by atoms with Crippen LogP contribution in [0.2, 0.25) is 0 Å². The lowest BCUT2D eigenvalue weighted by Gasteiger charge is -2.14. The third kappa shape index (κ3) is 3.93. The first-order chi connectivity index (χ1) is 12.7. The van der Waals surface area contributed by atoms with E-state index >= 15 is 0 Å². The average molecular weight is 353 g/mol. The van der Waals surface area contributed by atoms with Crippen molar-refractivity contribution < 1.29 is 9.47 Å². The molecule has 0 amide bonds. The number of unbranched alkanes of at least 4 members (excludes halogenated alkanes) is 1. The average Bonchev–Trinajstić information content (AvgIpc) is 2.68. The lowest BCUT2D eigenvalue weighted by atomic mass is 10.2. The molecule has 0 aliphatic heterocycles. The maximum absolute atomic E-state index is 5.42. The number of pyridine rings is 1. The summed E-state index contributed by atoms with van der Waals surface area (Å²) in [5, 5.41) is 7.48. The van der Waals surface area contributed by atoms with Crippen LogP contribution in [0.15, 0.2) is 36.7 Å². The van der Waals surface area contributed by atoms with Crippen LogP contribution in [0.5, 0.6) is 11.5 Å². The van der Waals surface area contributed by atoms with Crippen LogP contribution < -0.4 is 20.1 Å². The van der Waals surface area contributed by atoms with E-state index in [0.717, 1.165) is 41.8 Å². The second kappa shape index (κ2) is 8.33. The minimum absolute atomic E-state index is 0.497. The highest BCUT2D eigenvalue weighted by molar-refractivity contribution is 5.93. The molecule has 7 heteroatoms. The van der Waals surface area contributed by atoms with Crippen molar-refractivity contribution in [1.29, 1.82) is 0 Å². The molecule has 3 aromatic rings. The first kappa shape index (κ1) is 17.7. The standard InChI is InChI=1S/C19H23N5O2/c1-4-5-9-21-18-14-10-16(25-2)17(26-3)11-15(14)23-19(24-18)22-13-7-6-8-20-12-13/h6-8,10-12H,4-5,9H2,1-3H3,(H2,21,22,23,24). The van der Waals surface area contributed by atoms with Crippen LogP contribution in [0.3, 0.4) is 0 Å². The molecule has 2 N–H and O–H groups in total. The molecule has 26 heavy (non-hydrogen) atoms. The Bertz CT molecular complexity index is 871. The van der Waals surface area contributed by atoms with Gasteiger partial charge >= 0.3 is 0 Å². The van der Waals surface area contributed by atoms with Gasteiger partial charge in [0, 0.05) is 24.2 Å². The third-order valence-corrected chi connectivity index (χ3v) is 3.94. The van der Waals surface area contributed by atoms with Crippen LogP contribution in [-0.4, -0.2) is 35.7 Å². The fourth-order valence-corrected chi connectivity index (χ4v) is 2.60. The molecule has 2 heterocycles. The SMILES string of the molecule is CCCCNc1nc(Nc2cccnc2)nc2cc(OC)c(OC)cc12. The van der Waals surface area contributed by atoms with Crippen LogP contribution in [0.4, 0.5) is 17.5 Å². The normalized spacial score (nSPS) is 10.6. The van der Waals surface area contributed by atoms with Crippen LogP contribution >= 0.6 is 0 Å². The van der Waals surface area contributed by atoms with Gasteiger partial charge in [-0.25, -0.2) is 4.98 Å². The summed E-state index contributed by atoms with van der Waals surface area (Å²) in [5.74, 6) is 2.54. The van der Waals surface area contributed by atoms with Crippen molar-refractivity contribution in [3.05, 3.63) is 36.7 Å². The van der Waals surface area contributed by atoms with Gasteiger partial charge in [-0.2, -0.15) is 4.98 Å². The van der Waals surface area contributed by atoms with Gasteiger partial charge in [0.1, 0.15) is 5.82 Å². The highest BCUT2D eigenvalue weighted by atomic mass is 16.5. The van der Waals surface area contributed by atoms with Gasteiger partial charge in [-0.15, -0.1) is 0 Å². The molecule has 0 saturated heterocycles. The number of hydrogen-bond acceptors (Lipinski definition) is 7. The summed E-state index contributed by atoms with van der Waals surface area (Å²) in [4.78, 5) is 13.4. The number of ether oxygens (including phenoxy) is 2. The molecule has 1 aromatic carbocycles. The molecule has 0 saturated carbocycles. The number of nitrogens with zero attached hydrogens (tertiary/aromatic N) is 3. The second-order valence-electron chi connectivity index (χ2n) is 5.77. The Morgan fingerprint density at radius 1 is 1.08 bits per heavy atom. The van der Waals surface area contributed by atoms with E-state index in [2.05, 4.69) is 32.5 Å². The van der Waals surface area contributed by atoms with E-state index in [1.807, 2.05) is 24.3 Å². The van der Waals surface area contributed by atoms with Crippen LogP contribution in [0.1, 0.15) is 19.8 Å². The van der Waals surface area contributed by atoms with E-state index in [4.69, 9.17) is 9.47 Å². The molecule has 136 valence electrons. The van der Waals surface area contributed by atoms with Gasteiger partial charge in [-0.1, -0.05) is 13.3 Å². The predicted molar refractivity (Wildman–Crippen MR) is 104 cm³/mol. The molecular formula is C19H23N5O2. The lowest BCUT2D eigenvalue weighted by Crippen LogP contribution is -2.07. The lowest BCUT2D eigenvalue weighted by molar-refractivity contribution is 0.356. The van der Waals surface area contributed by atoms with Gasteiger partial charge in [0.15, 0.2) is 11.5 Å². The van der Waals surface area contributed by atoms with E-state index in [1.165, 1.54) is 0 Å². The number of aromatic nitrogens is 3. The summed E-state index contributed by atoms with van der Waals surface area (Å²) in [5.41, 5.74) is 1.59. The number of hydrogen-bond donors (Lipinski definition) is 2. The highest BCUT2D eigenvalue weighted by Gasteiger charge is 2.13. The van der Waals surface area contributed by atoms with Crippen LogP contribution in [0, 0.1) is 0 Å². The molecule has 0 bridgehead atoms. The van der Waals surface area contributed by atoms with Gasteiger partial charge in [0.25, 0.3) is 0 Å². The topological polar surface area (TPSA) is 81.2 Å². The zero-order chi connectivity index (χ0) is 18.4. The predicted octanol–water partition coefficient (Wildman–Crippen LogP) is 4.00. The Morgan fingerprint density at radius 2 is 1.88 bits per heavy atom. The molecule has 0 spiro atoms. The number of rotatable bonds is 8. The van der Waals surface area contributed by atoms with E-state index in [1.54, 1.807) is 26.6 Å². The third-order valence-electron chi connectivity index (χ3n) is 3.94. The van der Waals surface area contributed by atoms with Crippen molar-refractivity contribution >= 4 is 28.4 Å². The fraction of sp³-hybridized carbons (Fsp3) is 0.316. The second-order valence-corrected chi connectivity index (χ2v) is 5.77. The van der Waals surface area contributed by atoms with Crippen molar-refractivity contribution in [3.8, 4) is 11.5 Å². The summed E-state index contributed by atoms with van der Waals surface area (Å²) >= 11 is 0. The van der Waals surface area contributed by atoms with Crippen molar-refractivity contribution in [1.82, 2.24) is 15.0 Å². The van der Waals surface area contributed by atoms with Gasteiger partial charge < -0.3 is 20.1 Å². The minimum atomic E-state index is 0.497. The summed E-state index contributed by atoms with van der Waals surface area (Å²) in [6, 6.07) is 7.53. The summed E-state index contributed by atoms with van der Waals surface area (Å²) in [7, 11) is 3.23. The largest absolute Gasteiger partial charge is 0.493 e. The monoisotopic (exact) mass is 353 g/mol. The van der Waals surface area contributed by atoms with E-state index in [-0.39, 0.29) is 0 Å². The Balaban J connectivity index is 2.05. The number of nitrogens with one attached hydrogen (secondary N) is 2. The Kier molecular flexibility index (Phi) is 5.68. The summed E-state index contributed by atoms with van der Waals surface area (Å²) in [6.07, 6.45) is 5.62. The molecule has 2 aromatic heterocycles. The zero-order valence-electron chi connectivity index (χ0n) is 15.2. The molecule has 0 unspecified atom stereocenters. The first-order valence-electron chi connectivity index (χ1n) is 8.59. The smallest absolute Gasteiger partial charge is 0.229 e. The van der Waals surface area contributed by atoms with Crippen molar-refractivity contribution in [2.45, 2.75) is 19.8 Å².